The lowest BCUT2D eigenvalue weighted by Crippen LogP contribution is -2.22. The number of aryl methyl sites for hydroxylation is 1. The van der Waals surface area contributed by atoms with E-state index in [1.165, 1.54) is 5.56 Å². The highest BCUT2D eigenvalue weighted by molar-refractivity contribution is 5.35. The van der Waals surface area contributed by atoms with Gasteiger partial charge in [0.05, 0.1) is 12.7 Å². The van der Waals surface area contributed by atoms with E-state index in [4.69, 9.17) is 4.74 Å². The van der Waals surface area contributed by atoms with Crippen LogP contribution in [0.15, 0.2) is 18.2 Å². The molecule has 1 N–H and O–H groups in total. The van der Waals surface area contributed by atoms with Crippen molar-refractivity contribution in [1.82, 2.24) is 0 Å². The zero-order chi connectivity index (χ0) is 10.8. The van der Waals surface area contributed by atoms with Gasteiger partial charge >= 0.3 is 0 Å². The van der Waals surface area contributed by atoms with Crippen molar-refractivity contribution >= 4 is 0 Å². The molecule has 0 saturated heterocycles. The summed E-state index contributed by atoms with van der Waals surface area (Å²) in [7, 11) is 1.66. The molecule has 0 unspecified atom stereocenters. The number of hydrogen-bond acceptors (Lipinski definition) is 2. The Morgan fingerprint density at radius 2 is 2.00 bits per heavy atom. The number of benzene rings is 1. The van der Waals surface area contributed by atoms with Crippen LogP contribution < -0.4 is 4.74 Å². The number of ether oxygens (including phenoxy) is 1. The normalized spacial score (nSPS) is 11.5. The first-order chi connectivity index (χ1) is 6.42. The molecule has 78 valence electrons. The number of aliphatic hydroxyl groups is 1. The second-order valence-electron chi connectivity index (χ2n) is 4.28. The summed E-state index contributed by atoms with van der Waals surface area (Å²) in [5.74, 6) is 0.863. The van der Waals surface area contributed by atoms with Crippen molar-refractivity contribution in [3.8, 4) is 5.75 Å². The molecule has 2 nitrogen and oxygen atoms in total. The molecule has 0 aliphatic heterocycles. The lowest BCUT2D eigenvalue weighted by molar-refractivity contribution is 0.0808. The summed E-state index contributed by atoms with van der Waals surface area (Å²) in [5.41, 5.74) is 1.67. The van der Waals surface area contributed by atoms with E-state index in [1.54, 1.807) is 7.11 Å². The van der Waals surface area contributed by atoms with E-state index in [0.29, 0.717) is 6.42 Å². The van der Waals surface area contributed by atoms with Gasteiger partial charge in [0.1, 0.15) is 5.75 Å². The van der Waals surface area contributed by atoms with Crippen LogP contribution in [0.1, 0.15) is 25.0 Å². The Bertz CT molecular complexity index is 311. The monoisotopic (exact) mass is 194 g/mol. The average Bonchev–Trinajstić information content (AvgIpc) is 2.06. The first kappa shape index (κ1) is 11.1. The summed E-state index contributed by atoms with van der Waals surface area (Å²) in [6.45, 7) is 5.66. The predicted molar refractivity (Wildman–Crippen MR) is 57.7 cm³/mol. The molecule has 0 radical (unpaired) electrons. The minimum Gasteiger partial charge on any atom is -0.497 e. The third-order valence-corrected chi connectivity index (χ3v) is 2.17. The zero-order valence-electron chi connectivity index (χ0n) is 9.29. The van der Waals surface area contributed by atoms with Crippen molar-refractivity contribution in [2.75, 3.05) is 7.11 Å². The Kier molecular flexibility index (Phi) is 3.17. The quantitative estimate of drug-likeness (QED) is 0.800. The van der Waals surface area contributed by atoms with Crippen LogP contribution in [0, 0.1) is 6.92 Å². The Labute approximate surface area is 85.5 Å². The second kappa shape index (κ2) is 4.01. The van der Waals surface area contributed by atoms with E-state index >= 15 is 0 Å². The molecule has 0 amide bonds. The highest BCUT2D eigenvalue weighted by Crippen LogP contribution is 2.20. The van der Waals surface area contributed by atoms with Gasteiger partial charge in [-0.2, -0.15) is 0 Å². The molecule has 0 aliphatic carbocycles. The minimum atomic E-state index is -0.653. The number of methoxy groups -OCH3 is 1. The van der Waals surface area contributed by atoms with Gasteiger partial charge in [0.25, 0.3) is 0 Å². The lowest BCUT2D eigenvalue weighted by Gasteiger charge is -2.18. The van der Waals surface area contributed by atoms with Crippen molar-refractivity contribution in [3.63, 3.8) is 0 Å². The van der Waals surface area contributed by atoms with Crippen molar-refractivity contribution in [1.29, 1.82) is 0 Å². The summed E-state index contributed by atoms with van der Waals surface area (Å²) >= 11 is 0. The first-order valence-corrected chi connectivity index (χ1v) is 4.78. The zero-order valence-corrected chi connectivity index (χ0v) is 9.29. The largest absolute Gasteiger partial charge is 0.497 e. The maximum Gasteiger partial charge on any atom is 0.119 e. The maximum atomic E-state index is 9.69. The molecule has 0 saturated carbocycles. The minimum absolute atomic E-state index is 0.653. The van der Waals surface area contributed by atoms with E-state index < -0.39 is 5.60 Å². The van der Waals surface area contributed by atoms with Gasteiger partial charge in [-0.1, -0.05) is 6.07 Å². The van der Waals surface area contributed by atoms with Crippen molar-refractivity contribution in [3.05, 3.63) is 29.3 Å². The molecular weight excluding hydrogens is 176 g/mol. The summed E-state index contributed by atoms with van der Waals surface area (Å²) in [6, 6.07) is 5.92. The van der Waals surface area contributed by atoms with Crippen LogP contribution in [0.4, 0.5) is 0 Å². The smallest absolute Gasteiger partial charge is 0.119 e. The molecule has 0 bridgehead atoms. The fourth-order valence-electron chi connectivity index (χ4n) is 1.46. The average molecular weight is 194 g/mol. The van der Waals surface area contributed by atoms with E-state index in [-0.39, 0.29) is 0 Å². The maximum absolute atomic E-state index is 9.69. The highest BCUT2D eigenvalue weighted by atomic mass is 16.5. The molecule has 0 atom stereocenters. The van der Waals surface area contributed by atoms with Crippen molar-refractivity contribution < 1.29 is 9.84 Å². The van der Waals surface area contributed by atoms with Crippen LogP contribution in [0.25, 0.3) is 0 Å². The second-order valence-corrected chi connectivity index (χ2v) is 4.28. The summed E-state index contributed by atoms with van der Waals surface area (Å²) < 4.78 is 5.12. The van der Waals surface area contributed by atoms with E-state index in [1.807, 2.05) is 39.0 Å². The molecule has 0 aromatic heterocycles. The summed E-state index contributed by atoms with van der Waals surface area (Å²) in [6.07, 6.45) is 0.669. The predicted octanol–water partition coefficient (Wildman–Crippen LogP) is 2.32. The van der Waals surface area contributed by atoms with Crippen LogP contribution in [0.3, 0.4) is 0 Å². The summed E-state index contributed by atoms with van der Waals surface area (Å²) in [4.78, 5) is 0. The van der Waals surface area contributed by atoms with Gasteiger partial charge in [0.15, 0.2) is 0 Å². The van der Waals surface area contributed by atoms with Crippen LogP contribution >= 0.6 is 0 Å². The van der Waals surface area contributed by atoms with E-state index in [2.05, 4.69) is 0 Å². The molecular formula is C12H18O2. The van der Waals surface area contributed by atoms with Crippen LogP contribution in [0.5, 0.6) is 5.75 Å². The highest BCUT2D eigenvalue weighted by Gasteiger charge is 2.14. The van der Waals surface area contributed by atoms with Crippen LogP contribution in [0.2, 0.25) is 0 Å². The van der Waals surface area contributed by atoms with E-state index in [9.17, 15) is 5.11 Å². The number of rotatable bonds is 3. The van der Waals surface area contributed by atoms with Gasteiger partial charge in [0.2, 0.25) is 0 Å². The van der Waals surface area contributed by atoms with Crippen LogP contribution in [-0.4, -0.2) is 17.8 Å². The molecule has 0 aliphatic rings. The molecule has 1 rings (SSSR count). The van der Waals surface area contributed by atoms with Crippen molar-refractivity contribution in [2.24, 2.45) is 0 Å². The topological polar surface area (TPSA) is 29.5 Å². The third-order valence-electron chi connectivity index (χ3n) is 2.17. The van der Waals surface area contributed by atoms with Gasteiger partial charge < -0.3 is 9.84 Å². The van der Waals surface area contributed by atoms with E-state index in [0.717, 1.165) is 11.3 Å². The Balaban J connectivity index is 2.89. The Hall–Kier alpha value is -1.02. The standard InChI is InChI=1S/C12H18O2/c1-9-7-11(14-4)6-5-10(9)8-12(2,3)13/h5-7,13H,8H2,1-4H3. The molecule has 1 aromatic carbocycles. The first-order valence-electron chi connectivity index (χ1n) is 4.78. The molecule has 0 spiro atoms. The lowest BCUT2D eigenvalue weighted by atomic mass is 9.95. The van der Waals surface area contributed by atoms with Gasteiger partial charge in [-0.25, -0.2) is 0 Å². The number of hydrogen-bond donors (Lipinski definition) is 1. The van der Waals surface area contributed by atoms with Gasteiger partial charge in [-0.05, 0) is 44.0 Å². The summed E-state index contributed by atoms with van der Waals surface area (Å²) in [5, 5.41) is 9.69. The van der Waals surface area contributed by atoms with Crippen LogP contribution in [-0.2, 0) is 6.42 Å². The molecule has 0 heterocycles. The van der Waals surface area contributed by atoms with Crippen molar-refractivity contribution in [2.45, 2.75) is 32.8 Å². The Morgan fingerprint density at radius 1 is 1.36 bits per heavy atom. The third kappa shape index (κ3) is 3.04. The Morgan fingerprint density at radius 3 is 2.43 bits per heavy atom. The van der Waals surface area contributed by atoms with Gasteiger partial charge in [-0.3, -0.25) is 0 Å². The molecule has 0 fully saturated rings. The fourth-order valence-corrected chi connectivity index (χ4v) is 1.46. The molecule has 1 aromatic rings. The SMILES string of the molecule is COc1ccc(CC(C)(C)O)c(C)c1. The fraction of sp³-hybridized carbons (Fsp3) is 0.500. The molecule has 2 heteroatoms. The van der Waals surface area contributed by atoms with Gasteiger partial charge in [-0.15, -0.1) is 0 Å². The molecule has 14 heavy (non-hydrogen) atoms. The van der Waals surface area contributed by atoms with Gasteiger partial charge in [0, 0.05) is 6.42 Å².